The van der Waals surface area contributed by atoms with Crippen molar-refractivity contribution in [3.63, 3.8) is 0 Å². The van der Waals surface area contributed by atoms with E-state index in [0.717, 1.165) is 12.8 Å². The molecule has 0 spiro atoms. The number of allylic oxidation sites excluding steroid dienone is 1. The molecule has 0 fully saturated rings. The molecule has 0 heterocycles. The molecule has 0 aliphatic rings. The number of carbonyl (C=O) groups excluding carboxylic acids is 1. The minimum absolute atomic E-state index is 0.103. The molecule has 0 aromatic carbocycles. The highest BCUT2D eigenvalue weighted by Crippen LogP contribution is 2.03. The number of nitrogens with zero attached hydrogens (tertiary/aromatic N) is 1. The molecule has 72 valence electrons. The number of hydrogen-bond donors (Lipinski definition) is 0. The largest absolute Gasteiger partial charge is 0.462 e. The van der Waals surface area contributed by atoms with E-state index in [9.17, 15) is 4.79 Å². The smallest absolute Gasteiger partial charge is 0.293 e. The van der Waals surface area contributed by atoms with Crippen molar-refractivity contribution in [1.82, 2.24) is 0 Å². The second-order valence-corrected chi connectivity index (χ2v) is 2.74. The third-order valence-electron chi connectivity index (χ3n) is 1.65. The van der Waals surface area contributed by atoms with Crippen molar-refractivity contribution in [1.29, 1.82) is 5.26 Å². The van der Waals surface area contributed by atoms with Gasteiger partial charge in [-0.25, -0.2) is 0 Å². The van der Waals surface area contributed by atoms with Crippen molar-refractivity contribution in [3.05, 3.63) is 11.6 Å². The lowest BCUT2D eigenvalue weighted by Gasteiger charge is -1.96. The van der Waals surface area contributed by atoms with Gasteiger partial charge in [0.05, 0.1) is 11.6 Å². The van der Waals surface area contributed by atoms with Crippen molar-refractivity contribution in [2.75, 3.05) is 6.61 Å². The van der Waals surface area contributed by atoms with E-state index in [2.05, 4.69) is 11.7 Å². The number of ether oxygens (including phenoxy) is 1. The quantitative estimate of drug-likeness (QED) is 0.343. The molecule has 0 aromatic heterocycles. The topological polar surface area (TPSA) is 50.1 Å². The van der Waals surface area contributed by atoms with Crippen LogP contribution < -0.4 is 0 Å². The molecule has 0 saturated carbocycles. The van der Waals surface area contributed by atoms with Gasteiger partial charge in [0.25, 0.3) is 6.47 Å². The molecule has 0 N–H and O–H groups in total. The van der Waals surface area contributed by atoms with Crippen LogP contribution in [0.4, 0.5) is 0 Å². The molecule has 0 rings (SSSR count). The van der Waals surface area contributed by atoms with Crippen molar-refractivity contribution in [2.45, 2.75) is 32.6 Å². The van der Waals surface area contributed by atoms with Crippen LogP contribution in [0.2, 0.25) is 0 Å². The van der Waals surface area contributed by atoms with Crippen molar-refractivity contribution in [2.24, 2.45) is 0 Å². The third kappa shape index (κ3) is 7.07. The Hall–Kier alpha value is -1.30. The van der Waals surface area contributed by atoms with Gasteiger partial charge >= 0.3 is 0 Å². The van der Waals surface area contributed by atoms with E-state index in [-0.39, 0.29) is 6.61 Å². The zero-order valence-electron chi connectivity index (χ0n) is 7.95. The molecule has 0 amide bonds. The second kappa shape index (κ2) is 8.79. The van der Waals surface area contributed by atoms with Crippen LogP contribution in [0.25, 0.3) is 0 Å². The monoisotopic (exact) mass is 181 g/mol. The number of carbonyl (C=O) groups is 1. The Morgan fingerprint density at radius 1 is 1.54 bits per heavy atom. The first-order valence-electron chi connectivity index (χ1n) is 4.49. The lowest BCUT2D eigenvalue weighted by atomic mass is 10.1. The fourth-order valence-corrected chi connectivity index (χ4v) is 0.931. The van der Waals surface area contributed by atoms with E-state index in [0.29, 0.717) is 12.0 Å². The van der Waals surface area contributed by atoms with Crippen LogP contribution in [0.3, 0.4) is 0 Å². The first-order valence-corrected chi connectivity index (χ1v) is 4.49. The van der Waals surface area contributed by atoms with Crippen molar-refractivity contribution >= 4 is 6.47 Å². The highest BCUT2D eigenvalue weighted by Gasteiger charge is 1.94. The molecule has 3 nitrogen and oxygen atoms in total. The van der Waals surface area contributed by atoms with Crippen LogP contribution in [-0.2, 0) is 9.53 Å². The van der Waals surface area contributed by atoms with Gasteiger partial charge in [-0.15, -0.1) is 0 Å². The predicted octanol–water partition coefficient (Wildman–Crippen LogP) is 2.19. The summed E-state index contributed by atoms with van der Waals surface area (Å²) < 4.78 is 4.47. The average Bonchev–Trinajstić information content (AvgIpc) is 2.17. The van der Waals surface area contributed by atoms with Gasteiger partial charge in [0, 0.05) is 0 Å². The van der Waals surface area contributed by atoms with Gasteiger partial charge in [0.1, 0.15) is 6.61 Å². The standard InChI is InChI=1S/C10H15NO2/c1-2-3-4-5-6-10(7-11)8-13-9-12/h6,9H,2-5,8H2,1H3/b10-6+. The van der Waals surface area contributed by atoms with E-state index in [4.69, 9.17) is 5.26 Å². The summed E-state index contributed by atoms with van der Waals surface area (Å²) in [6, 6.07) is 1.99. The summed E-state index contributed by atoms with van der Waals surface area (Å²) in [6.07, 6.45) is 6.14. The molecule has 0 aliphatic carbocycles. The van der Waals surface area contributed by atoms with Gasteiger partial charge in [-0.05, 0) is 12.8 Å². The summed E-state index contributed by atoms with van der Waals surface area (Å²) in [5, 5.41) is 8.59. The van der Waals surface area contributed by atoms with Crippen LogP contribution >= 0.6 is 0 Å². The highest BCUT2D eigenvalue weighted by molar-refractivity contribution is 5.38. The minimum atomic E-state index is 0.103. The van der Waals surface area contributed by atoms with Crippen molar-refractivity contribution in [3.8, 4) is 6.07 Å². The maximum Gasteiger partial charge on any atom is 0.293 e. The molecule has 0 radical (unpaired) electrons. The van der Waals surface area contributed by atoms with E-state index in [1.165, 1.54) is 12.8 Å². The number of unbranched alkanes of at least 4 members (excludes halogenated alkanes) is 3. The molecular formula is C10H15NO2. The minimum Gasteiger partial charge on any atom is -0.462 e. The molecule has 0 atom stereocenters. The Morgan fingerprint density at radius 3 is 2.85 bits per heavy atom. The second-order valence-electron chi connectivity index (χ2n) is 2.74. The van der Waals surface area contributed by atoms with E-state index >= 15 is 0 Å². The molecule has 0 aromatic rings. The number of hydrogen-bond acceptors (Lipinski definition) is 3. The molecule has 0 saturated heterocycles. The molecule has 0 bridgehead atoms. The summed E-state index contributed by atoms with van der Waals surface area (Å²) in [6.45, 7) is 2.59. The van der Waals surface area contributed by atoms with E-state index in [1.54, 1.807) is 0 Å². The zero-order chi connectivity index (χ0) is 9.94. The SMILES string of the molecule is CCCCC/C=C(\C#N)COC=O. The predicted molar refractivity (Wildman–Crippen MR) is 49.9 cm³/mol. The Kier molecular flexibility index (Phi) is 7.91. The highest BCUT2D eigenvalue weighted by atomic mass is 16.5. The number of rotatable bonds is 7. The molecule has 3 heteroatoms. The maximum atomic E-state index is 9.84. The molecule has 0 aliphatic heterocycles. The molecular weight excluding hydrogens is 166 g/mol. The molecule has 0 unspecified atom stereocenters. The maximum absolute atomic E-state index is 9.84. The Bertz CT molecular complexity index is 203. The lowest BCUT2D eigenvalue weighted by Crippen LogP contribution is -1.94. The Labute approximate surface area is 79.0 Å². The van der Waals surface area contributed by atoms with Gasteiger partial charge < -0.3 is 4.74 Å². The third-order valence-corrected chi connectivity index (χ3v) is 1.65. The Balaban J connectivity index is 3.66. The van der Waals surface area contributed by atoms with E-state index in [1.807, 2.05) is 12.1 Å². The fraction of sp³-hybridized carbons (Fsp3) is 0.600. The zero-order valence-corrected chi connectivity index (χ0v) is 7.95. The van der Waals surface area contributed by atoms with Gasteiger partial charge in [-0.2, -0.15) is 5.26 Å². The normalized spacial score (nSPS) is 10.6. The summed E-state index contributed by atoms with van der Waals surface area (Å²) in [4.78, 5) is 9.84. The summed E-state index contributed by atoms with van der Waals surface area (Å²) in [5.41, 5.74) is 0.531. The van der Waals surface area contributed by atoms with Gasteiger partial charge in [0.2, 0.25) is 0 Å². The summed E-state index contributed by atoms with van der Waals surface area (Å²) in [5.74, 6) is 0. The van der Waals surface area contributed by atoms with Crippen LogP contribution in [0.5, 0.6) is 0 Å². The van der Waals surface area contributed by atoms with Crippen LogP contribution in [0.1, 0.15) is 32.6 Å². The van der Waals surface area contributed by atoms with Crippen LogP contribution in [-0.4, -0.2) is 13.1 Å². The van der Waals surface area contributed by atoms with E-state index < -0.39 is 0 Å². The van der Waals surface area contributed by atoms with Crippen LogP contribution in [0, 0.1) is 11.3 Å². The first kappa shape index (κ1) is 11.7. The van der Waals surface area contributed by atoms with Crippen molar-refractivity contribution < 1.29 is 9.53 Å². The van der Waals surface area contributed by atoms with Gasteiger partial charge in [-0.1, -0.05) is 25.8 Å². The van der Waals surface area contributed by atoms with Crippen LogP contribution in [0.15, 0.2) is 11.6 Å². The van der Waals surface area contributed by atoms with Gasteiger partial charge in [-0.3, -0.25) is 4.79 Å². The lowest BCUT2D eigenvalue weighted by molar-refractivity contribution is -0.127. The number of nitriles is 1. The van der Waals surface area contributed by atoms with Gasteiger partial charge in [0.15, 0.2) is 0 Å². The average molecular weight is 181 g/mol. The summed E-state index contributed by atoms with van der Waals surface area (Å²) in [7, 11) is 0. The molecule has 13 heavy (non-hydrogen) atoms. The first-order chi connectivity index (χ1) is 6.35. The summed E-state index contributed by atoms with van der Waals surface area (Å²) >= 11 is 0. The fourth-order valence-electron chi connectivity index (χ4n) is 0.931. The Morgan fingerprint density at radius 2 is 2.31 bits per heavy atom.